The van der Waals surface area contributed by atoms with Gasteiger partial charge in [0.2, 0.25) is 0 Å². The maximum atomic E-state index is 12.1. The van der Waals surface area contributed by atoms with Crippen LogP contribution in [0.15, 0.2) is 52.8 Å². The third-order valence-electron chi connectivity index (χ3n) is 3.72. The van der Waals surface area contributed by atoms with Gasteiger partial charge >= 0.3 is 6.36 Å². The summed E-state index contributed by atoms with van der Waals surface area (Å²) in [6.07, 6.45) is -3.31. The highest BCUT2D eigenvalue weighted by atomic mass is 19.4. The maximum Gasteiger partial charge on any atom is 0.573 e. The first-order chi connectivity index (χ1) is 14.7. The lowest BCUT2D eigenvalue weighted by atomic mass is 10.00. The van der Waals surface area contributed by atoms with E-state index < -0.39 is 6.36 Å². The molecule has 0 heterocycles. The first kappa shape index (κ1) is 28.4. The normalized spacial score (nSPS) is 11.0. The average Bonchev–Trinajstić information content (AvgIpc) is 2.72. The molecule has 0 amide bonds. The monoisotopic (exact) mass is 456 g/mol. The summed E-state index contributed by atoms with van der Waals surface area (Å²) in [5, 5.41) is 7.81. The number of carbonyl (C=O) groups excluding carboxylic acids is 1. The van der Waals surface area contributed by atoms with Crippen molar-refractivity contribution in [3.05, 3.63) is 64.7 Å². The molecule has 0 atom stereocenters. The molecule has 2 aromatic carbocycles. The third-order valence-corrected chi connectivity index (χ3v) is 3.72. The number of halogens is 3. The van der Waals surface area contributed by atoms with E-state index in [0.717, 1.165) is 16.7 Å². The SMILES string of the molecule is C.CO/N=C(/C)c1cccc(C)c1CO/N=C/c1ccc(OC(F)(F)F)cc1.COC=O. The largest absolute Gasteiger partial charge is 0.573 e. The molecule has 0 aliphatic carbocycles. The predicted molar refractivity (Wildman–Crippen MR) is 116 cm³/mol. The molecule has 7 nitrogen and oxygen atoms in total. The molecule has 0 bridgehead atoms. The molecule has 0 saturated carbocycles. The molecule has 0 spiro atoms. The van der Waals surface area contributed by atoms with Crippen molar-refractivity contribution < 1.29 is 37.1 Å². The van der Waals surface area contributed by atoms with E-state index in [1.165, 1.54) is 44.7 Å². The number of rotatable bonds is 8. The molecule has 0 N–H and O–H groups in total. The van der Waals surface area contributed by atoms with Crippen LogP contribution in [0.5, 0.6) is 5.75 Å². The highest BCUT2D eigenvalue weighted by Gasteiger charge is 2.30. The zero-order valence-corrected chi connectivity index (χ0v) is 17.5. The number of hydrogen-bond acceptors (Lipinski definition) is 7. The fourth-order valence-electron chi connectivity index (χ4n) is 2.37. The molecule has 0 unspecified atom stereocenters. The molecule has 0 fully saturated rings. The standard InChI is InChI=1S/C19H19F3N2O3.C2H4O2.CH4/c1-13-5-4-6-17(14(2)24-25-3)18(13)12-26-23-11-15-7-9-16(10-8-15)27-19(20,21)22;1-4-2-3;/h4-11H,12H2,1-3H3;2H,1H3;1H4/b23-11+,24-14-;;. The van der Waals surface area contributed by atoms with Gasteiger partial charge in [0.15, 0.2) is 0 Å². The van der Waals surface area contributed by atoms with E-state index in [0.29, 0.717) is 17.7 Å². The molecule has 0 aliphatic heterocycles. The molecular formula is C22H27F3N2O5. The van der Waals surface area contributed by atoms with E-state index >= 15 is 0 Å². The number of benzene rings is 2. The van der Waals surface area contributed by atoms with Crippen LogP contribution in [0.25, 0.3) is 0 Å². The first-order valence-electron chi connectivity index (χ1n) is 8.86. The van der Waals surface area contributed by atoms with E-state index in [1.54, 1.807) is 0 Å². The molecule has 2 rings (SSSR count). The molecule has 176 valence electrons. The van der Waals surface area contributed by atoms with Crippen molar-refractivity contribution in [3.8, 4) is 5.75 Å². The molecule has 2 aromatic rings. The quantitative estimate of drug-likeness (QED) is 0.308. The Kier molecular flexibility index (Phi) is 12.8. The van der Waals surface area contributed by atoms with Crippen molar-refractivity contribution in [2.45, 2.75) is 34.2 Å². The fraction of sp³-hybridized carbons (Fsp3) is 0.318. The van der Waals surface area contributed by atoms with E-state index in [2.05, 4.69) is 19.8 Å². The second-order valence-corrected chi connectivity index (χ2v) is 5.92. The Morgan fingerprint density at radius 2 is 1.72 bits per heavy atom. The van der Waals surface area contributed by atoms with E-state index in [9.17, 15) is 13.2 Å². The summed E-state index contributed by atoms with van der Waals surface area (Å²) < 4.78 is 44.1. The van der Waals surface area contributed by atoms with E-state index in [1.807, 2.05) is 32.0 Å². The van der Waals surface area contributed by atoms with Gasteiger partial charge in [0.1, 0.15) is 19.5 Å². The molecule has 0 saturated heterocycles. The van der Waals surface area contributed by atoms with Crippen LogP contribution in [0.3, 0.4) is 0 Å². The minimum Gasteiger partial charge on any atom is -0.471 e. The van der Waals surface area contributed by atoms with Crippen LogP contribution in [-0.4, -0.2) is 39.0 Å². The van der Waals surface area contributed by atoms with Crippen LogP contribution < -0.4 is 4.74 Å². The molecule has 0 aliphatic rings. The summed E-state index contributed by atoms with van der Waals surface area (Å²) in [6.45, 7) is 4.37. The lowest BCUT2D eigenvalue weighted by Crippen LogP contribution is -2.17. The zero-order chi connectivity index (χ0) is 23.3. The number of alkyl halides is 3. The van der Waals surface area contributed by atoms with Crippen molar-refractivity contribution >= 4 is 18.4 Å². The number of carbonyl (C=O) groups is 1. The average molecular weight is 456 g/mol. The van der Waals surface area contributed by atoms with E-state index in [4.69, 9.17) is 14.5 Å². The lowest BCUT2D eigenvalue weighted by Gasteiger charge is -2.11. The van der Waals surface area contributed by atoms with Crippen molar-refractivity contribution in [2.24, 2.45) is 10.3 Å². The first-order valence-corrected chi connectivity index (χ1v) is 8.86. The summed E-state index contributed by atoms with van der Waals surface area (Å²) in [7, 11) is 2.79. The number of ether oxygens (including phenoxy) is 2. The second kappa shape index (κ2) is 14.4. The van der Waals surface area contributed by atoms with Gasteiger partial charge in [0.25, 0.3) is 6.47 Å². The number of hydrogen-bond donors (Lipinski definition) is 0. The van der Waals surface area contributed by atoms with Gasteiger partial charge < -0.3 is 19.1 Å². The molecule has 0 aromatic heterocycles. The van der Waals surface area contributed by atoms with Gasteiger partial charge in [0.05, 0.1) is 19.0 Å². The minimum atomic E-state index is -4.71. The van der Waals surface area contributed by atoms with Crippen LogP contribution in [0.2, 0.25) is 0 Å². The second-order valence-electron chi connectivity index (χ2n) is 5.92. The highest BCUT2D eigenvalue weighted by Crippen LogP contribution is 2.22. The van der Waals surface area contributed by atoms with Crippen molar-refractivity contribution in [1.29, 1.82) is 0 Å². The Bertz CT molecular complexity index is 882. The molecule has 32 heavy (non-hydrogen) atoms. The van der Waals surface area contributed by atoms with E-state index in [-0.39, 0.29) is 19.8 Å². The highest BCUT2D eigenvalue weighted by molar-refractivity contribution is 5.99. The van der Waals surface area contributed by atoms with Crippen LogP contribution in [-0.2, 0) is 25.8 Å². The van der Waals surface area contributed by atoms with Gasteiger partial charge in [0, 0.05) is 11.1 Å². The summed E-state index contributed by atoms with van der Waals surface area (Å²) >= 11 is 0. The summed E-state index contributed by atoms with van der Waals surface area (Å²) in [5.74, 6) is -0.293. The van der Waals surface area contributed by atoms with Crippen molar-refractivity contribution in [2.75, 3.05) is 14.2 Å². The summed E-state index contributed by atoms with van der Waals surface area (Å²) in [6, 6.07) is 11.1. The van der Waals surface area contributed by atoms with Gasteiger partial charge in [-0.3, -0.25) is 4.79 Å². The van der Waals surface area contributed by atoms with Crippen LogP contribution in [0.1, 0.15) is 36.6 Å². The van der Waals surface area contributed by atoms with Crippen LogP contribution >= 0.6 is 0 Å². The predicted octanol–water partition coefficient (Wildman–Crippen LogP) is 5.24. The number of oxime groups is 2. The van der Waals surface area contributed by atoms with Gasteiger partial charge in [-0.1, -0.05) is 35.9 Å². The minimum absolute atomic E-state index is 0. The molecule has 0 radical (unpaired) electrons. The van der Waals surface area contributed by atoms with Gasteiger partial charge in [-0.25, -0.2) is 0 Å². The van der Waals surface area contributed by atoms with Gasteiger partial charge in [-0.2, -0.15) is 0 Å². The topological polar surface area (TPSA) is 78.7 Å². The fourth-order valence-corrected chi connectivity index (χ4v) is 2.37. The number of methoxy groups -OCH3 is 1. The maximum absolute atomic E-state index is 12.1. The summed E-state index contributed by atoms with van der Waals surface area (Å²) in [4.78, 5) is 19.1. The van der Waals surface area contributed by atoms with Crippen LogP contribution in [0.4, 0.5) is 13.2 Å². The Labute approximate surface area is 185 Å². The van der Waals surface area contributed by atoms with Gasteiger partial charge in [-0.15, -0.1) is 13.2 Å². The third kappa shape index (κ3) is 10.5. The molecule has 10 heteroatoms. The van der Waals surface area contributed by atoms with Crippen LogP contribution in [0, 0.1) is 6.92 Å². The number of aryl methyl sites for hydroxylation is 1. The Morgan fingerprint density at radius 3 is 2.25 bits per heavy atom. The lowest BCUT2D eigenvalue weighted by molar-refractivity contribution is -0.274. The Balaban J connectivity index is 0.00000177. The van der Waals surface area contributed by atoms with Gasteiger partial charge in [-0.05, 0) is 49.2 Å². The zero-order valence-electron chi connectivity index (χ0n) is 17.5. The smallest absolute Gasteiger partial charge is 0.471 e. The van der Waals surface area contributed by atoms with Crippen molar-refractivity contribution in [3.63, 3.8) is 0 Å². The molecular weight excluding hydrogens is 429 g/mol. The Hall–Kier alpha value is -3.56. The number of nitrogens with zero attached hydrogens (tertiary/aromatic N) is 2. The Morgan fingerprint density at radius 1 is 1.09 bits per heavy atom. The summed E-state index contributed by atoms with van der Waals surface area (Å²) in [5.41, 5.74) is 4.11. The van der Waals surface area contributed by atoms with Crippen molar-refractivity contribution in [1.82, 2.24) is 0 Å².